The summed E-state index contributed by atoms with van der Waals surface area (Å²) >= 11 is 6.13. The van der Waals surface area contributed by atoms with Crippen LogP contribution in [0.2, 0.25) is 5.02 Å². The van der Waals surface area contributed by atoms with E-state index in [2.05, 4.69) is 11.8 Å². The summed E-state index contributed by atoms with van der Waals surface area (Å²) in [6.45, 7) is 5.61. The number of carbonyl (C=O) groups is 1. The van der Waals surface area contributed by atoms with Gasteiger partial charge in [0.15, 0.2) is 5.76 Å². The number of amides is 1. The molecular weight excluding hydrogens is 431 g/mol. The second kappa shape index (κ2) is 10.2. The van der Waals surface area contributed by atoms with Crippen molar-refractivity contribution < 1.29 is 18.3 Å². The fraction of sp³-hybridized carbons (Fsp3) is 0.320. The highest BCUT2D eigenvalue weighted by atomic mass is 35.5. The molecule has 1 aromatic heterocycles. The predicted octanol–water partition coefficient (Wildman–Crippen LogP) is 5.17. The summed E-state index contributed by atoms with van der Waals surface area (Å²) in [6, 6.07) is 15.9. The molecule has 1 saturated heterocycles. The van der Waals surface area contributed by atoms with Gasteiger partial charge in [0.2, 0.25) is 0 Å². The number of ether oxygens (including phenoxy) is 1. The monoisotopic (exact) mass is 456 g/mol. The number of benzene rings is 2. The first-order valence-electron chi connectivity index (χ1n) is 10.8. The van der Waals surface area contributed by atoms with E-state index in [1.807, 2.05) is 24.3 Å². The van der Waals surface area contributed by atoms with Crippen LogP contribution in [0.1, 0.15) is 34.4 Å². The predicted molar refractivity (Wildman–Crippen MR) is 121 cm³/mol. The number of furan rings is 1. The molecule has 0 aliphatic carbocycles. The molecule has 2 heterocycles. The number of hydrogen-bond acceptors (Lipinski definition) is 4. The van der Waals surface area contributed by atoms with Gasteiger partial charge >= 0.3 is 0 Å². The minimum absolute atomic E-state index is 0.122. The Kier molecular flexibility index (Phi) is 7.12. The topological polar surface area (TPSA) is 45.9 Å². The lowest BCUT2D eigenvalue weighted by molar-refractivity contribution is 0.0594. The zero-order valence-corrected chi connectivity index (χ0v) is 18.8. The molecular formula is C25H26ClFN2O3. The normalized spacial score (nSPS) is 14.5. The average molecular weight is 457 g/mol. The number of carbonyl (C=O) groups excluding carboxylic acids is 1. The van der Waals surface area contributed by atoms with Crippen LogP contribution in [0.5, 0.6) is 5.75 Å². The lowest BCUT2D eigenvalue weighted by Crippen LogP contribution is -2.48. The van der Waals surface area contributed by atoms with Gasteiger partial charge in [0.1, 0.15) is 23.9 Å². The molecule has 5 nitrogen and oxygen atoms in total. The SMILES string of the molecule is CCc1ccc(OCc2ccc(C(=O)N3CCN(Cc4ccc(F)cc4Cl)CC3)o2)cc1. The number of hydrogen-bond donors (Lipinski definition) is 0. The van der Waals surface area contributed by atoms with Crippen LogP contribution in [0.15, 0.2) is 59.0 Å². The second-order valence-electron chi connectivity index (χ2n) is 7.86. The Hall–Kier alpha value is -2.83. The van der Waals surface area contributed by atoms with Crippen LogP contribution in [0, 0.1) is 5.82 Å². The maximum absolute atomic E-state index is 13.2. The summed E-state index contributed by atoms with van der Waals surface area (Å²) in [5.74, 6) is 1.23. The minimum Gasteiger partial charge on any atom is -0.486 e. The highest BCUT2D eigenvalue weighted by Crippen LogP contribution is 2.21. The van der Waals surface area contributed by atoms with Crippen LogP contribution >= 0.6 is 11.6 Å². The van der Waals surface area contributed by atoms with Crippen molar-refractivity contribution in [2.75, 3.05) is 26.2 Å². The maximum atomic E-state index is 13.2. The molecule has 0 atom stereocenters. The van der Waals surface area contributed by atoms with E-state index in [1.165, 1.54) is 17.7 Å². The first-order valence-corrected chi connectivity index (χ1v) is 11.2. The standard InChI is InChI=1S/C25H26ClFN2O3/c1-2-18-3-7-21(8-4-18)31-17-22-9-10-24(32-22)25(30)29-13-11-28(12-14-29)16-19-5-6-20(27)15-23(19)26/h3-10,15H,2,11-14,16-17H2,1H3. The molecule has 1 fully saturated rings. The first-order chi connectivity index (χ1) is 15.5. The van der Waals surface area contributed by atoms with Crippen LogP contribution in [0.4, 0.5) is 4.39 Å². The van der Waals surface area contributed by atoms with Crippen molar-refractivity contribution in [2.45, 2.75) is 26.5 Å². The summed E-state index contributed by atoms with van der Waals surface area (Å²) in [7, 11) is 0. The molecule has 0 unspecified atom stereocenters. The number of halogens is 2. The number of rotatable bonds is 7. The van der Waals surface area contributed by atoms with Gasteiger partial charge in [-0.2, -0.15) is 0 Å². The quantitative estimate of drug-likeness (QED) is 0.492. The summed E-state index contributed by atoms with van der Waals surface area (Å²) in [5.41, 5.74) is 2.14. The molecule has 168 valence electrons. The summed E-state index contributed by atoms with van der Waals surface area (Å²) in [4.78, 5) is 16.8. The fourth-order valence-electron chi connectivity index (χ4n) is 3.70. The van der Waals surface area contributed by atoms with Crippen LogP contribution < -0.4 is 4.74 Å². The van der Waals surface area contributed by atoms with Gasteiger partial charge in [-0.3, -0.25) is 9.69 Å². The van der Waals surface area contributed by atoms with Crippen LogP contribution in [-0.2, 0) is 19.6 Å². The number of aryl methyl sites for hydroxylation is 1. The fourth-order valence-corrected chi connectivity index (χ4v) is 3.93. The highest BCUT2D eigenvalue weighted by Gasteiger charge is 2.24. The van der Waals surface area contributed by atoms with Gasteiger partial charge < -0.3 is 14.1 Å². The Bertz CT molecular complexity index is 1060. The van der Waals surface area contributed by atoms with Crippen LogP contribution in [0.3, 0.4) is 0 Å². The van der Waals surface area contributed by atoms with E-state index >= 15 is 0 Å². The Morgan fingerprint density at radius 1 is 1.06 bits per heavy atom. The molecule has 1 aliphatic rings. The van der Waals surface area contributed by atoms with E-state index in [-0.39, 0.29) is 18.3 Å². The van der Waals surface area contributed by atoms with Gasteiger partial charge in [-0.15, -0.1) is 0 Å². The highest BCUT2D eigenvalue weighted by molar-refractivity contribution is 6.31. The molecule has 1 aliphatic heterocycles. The van der Waals surface area contributed by atoms with Gasteiger partial charge in [-0.25, -0.2) is 4.39 Å². The molecule has 0 N–H and O–H groups in total. The molecule has 7 heteroatoms. The molecule has 0 bridgehead atoms. The smallest absolute Gasteiger partial charge is 0.289 e. The van der Waals surface area contributed by atoms with Crippen LogP contribution in [0.25, 0.3) is 0 Å². The average Bonchev–Trinajstić information content (AvgIpc) is 3.29. The van der Waals surface area contributed by atoms with Gasteiger partial charge in [-0.1, -0.05) is 36.7 Å². The van der Waals surface area contributed by atoms with Crippen LogP contribution in [-0.4, -0.2) is 41.9 Å². The third kappa shape index (κ3) is 5.50. The third-order valence-corrected chi connectivity index (χ3v) is 6.01. The molecule has 2 aromatic carbocycles. The Morgan fingerprint density at radius 2 is 1.81 bits per heavy atom. The lowest BCUT2D eigenvalue weighted by Gasteiger charge is -2.34. The van der Waals surface area contributed by atoms with E-state index in [9.17, 15) is 9.18 Å². The molecule has 1 amide bonds. The second-order valence-corrected chi connectivity index (χ2v) is 8.26. The number of nitrogens with zero attached hydrogens (tertiary/aromatic N) is 2. The van der Waals surface area contributed by atoms with E-state index < -0.39 is 0 Å². The van der Waals surface area contributed by atoms with E-state index in [4.69, 9.17) is 20.8 Å². The van der Waals surface area contributed by atoms with Crippen molar-refractivity contribution in [3.8, 4) is 5.75 Å². The minimum atomic E-state index is -0.341. The molecule has 3 aromatic rings. The van der Waals surface area contributed by atoms with Gasteiger partial charge in [0.25, 0.3) is 5.91 Å². The number of piperazine rings is 1. The Labute approximate surface area is 192 Å². The summed E-state index contributed by atoms with van der Waals surface area (Å²) in [6.07, 6.45) is 0.984. The molecule has 4 rings (SSSR count). The zero-order chi connectivity index (χ0) is 22.5. The van der Waals surface area contributed by atoms with Crippen molar-refractivity contribution in [1.29, 1.82) is 0 Å². The molecule has 32 heavy (non-hydrogen) atoms. The summed E-state index contributed by atoms with van der Waals surface area (Å²) in [5, 5.41) is 0.426. The molecule has 0 radical (unpaired) electrons. The molecule has 0 spiro atoms. The van der Waals surface area contributed by atoms with Crippen molar-refractivity contribution >= 4 is 17.5 Å². The largest absolute Gasteiger partial charge is 0.486 e. The van der Waals surface area contributed by atoms with E-state index in [0.717, 1.165) is 17.7 Å². The van der Waals surface area contributed by atoms with Gasteiger partial charge in [0, 0.05) is 37.7 Å². The Morgan fingerprint density at radius 3 is 2.50 bits per heavy atom. The van der Waals surface area contributed by atoms with Crippen molar-refractivity contribution in [1.82, 2.24) is 9.80 Å². The van der Waals surface area contributed by atoms with Crippen molar-refractivity contribution in [3.63, 3.8) is 0 Å². The van der Waals surface area contributed by atoms with E-state index in [0.29, 0.717) is 49.3 Å². The van der Waals surface area contributed by atoms with Crippen molar-refractivity contribution in [2.24, 2.45) is 0 Å². The summed E-state index contributed by atoms with van der Waals surface area (Å²) < 4.78 is 24.7. The zero-order valence-electron chi connectivity index (χ0n) is 18.0. The van der Waals surface area contributed by atoms with Gasteiger partial charge in [-0.05, 0) is 53.9 Å². The third-order valence-electron chi connectivity index (χ3n) is 5.65. The maximum Gasteiger partial charge on any atom is 0.289 e. The Balaban J connectivity index is 1.27. The van der Waals surface area contributed by atoms with Gasteiger partial charge in [0.05, 0.1) is 0 Å². The lowest BCUT2D eigenvalue weighted by atomic mass is 10.2. The van der Waals surface area contributed by atoms with E-state index in [1.54, 1.807) is 23.1 Å². The first kappa shape index (κ1) is 22.4. The molecule has 0 saturated carbocycles. The van der Waals surface area contributed by atoms with Crippen molar-refractivity contribution in [3.05, 3.63) is 88.1 Å².